The van der Waals surface area contributed by atoms with Crippen LogP contribution in [-0.4, -0.2) is 39.8 Å². The van der Waals surface area contributed by atoms with Crippen molar-refractivity contribution in [3.63, 3.8) is 0 Å². The van der Waals surface area contributed by atoms with Crippen molar-refractivity contribution >= 4 is 11.8 Å². The van der Waals surface area contributed by atoms with Gasteiger partial charge in [-0.3, -0.25) is 4.79 Å². The average Bonchev–Trinajstić information content (AvgIpc) is 3.03. The van der Waals surface area contributed by atoms with Crippen LogP contribution in [0.5, 0.6) is 0 Å². The van der Waals surface area contributed by atoms with Gasteiger partial charge in [-0.2, -0.15) is 0 Å². The molecule has 178 valence electrons. The third-order valence-corrected chi connectivity index (χ3v) is 9.95. The van der Waals surface area contributed by atoms with Crippen LogP contribution in [0, 0.1) is 22.7 Å². The lowest BCUT2D eigenvalue weighted by Gasteiger charge is -2.52. The molecule has 0 aromatic carbocycles. The summed E-state index contributed by atoms with van der Waals surface area (Å²) in [5.74, 6) is -0.502. The molecule has 2 N–H and O–H groups in total. The fraction of sp³-hybridized carbons (Fsp3) is 0.643. The van der Waals surface area contributed by atoms with Crippen molar-refractivity contribution in [2.45, 2.75) is 91.0 Å². The van der Waals surface area contributed by atoms with E-state index in [0.717, 1.165) is 31.3 Å². The number of esters is 1. The molecule has 4 aliphatic carbocycles. The summed E-state index contributed by atoms with van der Waals surface area (Å²) < 4.78 is 5.69. The zero-order chi connectivity index (χ0) is 23.9. The van der Waals surface area contributed by atoms with E-state index >= 15 is 0 Å². The maximum Gasteiger partial charge on any atom is 0.334 e. The molecule has 0 saturated heterocycles. The summed E-state index contributed by atoms with van der Waals surface area (Å²) in [5.41, 5.74) is 2.97. The van der Waals surface area contributed by atoms with E-state index in [1.807, 2.05) is 13.0 Å². The van der Waals surface area contributed by atoms with Crippen molar-refractivity contribution in [1.82, 2.24) is 0 Å². The van der Waals surface area contributed by atoms with Gasteiger partial charge in [0.1, 0.15) is 11.7 Å². The highest BCUT2D eigenvalue weighted by Gasteiger charge is 2.62. The Labute approximate surface area is 196 Å². The fourth-order valence-corrected chi connectivity index (χ4v) is 7.89. The highest BCUT2D eigenvalue weighted by molar-refractivity contribution is 5.99. The van der Waals surface area contributed by atoms with Gasteiger partial charge in [-0.05, 0) is 77.2 Å². The zero-order valence-electron chi connectivity index (χ0n) is 20.4. The van der Waals surface area contributed by atoms with E-state index in [9.17, 15) is 19.8 Å². The van der Waals surface area contributed by atoms with Crippen LogP contribution >= 0.6 is 0 Å². The van der Waals surface area contributed by atoms with Crippen molar-refractivity contribution in [2.24, 2.45) is 22.7 Å². The van der Waals surface area contributed by atoms with Crippen LogP contribution in [0.3, 0.4) is 0 Å². The maximum atomic E-state index is 13.1. The number of hydrogen-bond donors (Lipinski definition) is 2. The first-order valence-corrected chi connectivity index (χ1v) is 12.3. The second kappa shape index (κ2) is 7.26. The van der Waals surface area contributed by atoms with E-state index in [1.54, 1.807) is 19.9 Å². The van der Waals surface area contributed by atoms with Crippen LogP contribution in [0.25, 0.3) is 0 Å². The van der Waals surface area contributed by atoms with Crippen LogP contribution in [0.4, 0.5) is 0 Å². The molecule has 0 spiro atoms. The quantitative estimate of drug-likeness (QED) is 0.481. The molecule has 1 heterocycles. The molecule has 1 saturated carbocycles. The Bertz CT molecular complexity index is 1060. The molecule has 0 aromatic rings. The lowest BCUT2D eigenvalue weighted by Crippen LogP contribution is -2.57. The molecule has 5 aliphatic rings. The highest BCUT2D eigenvalue weighted by Crippen LogP contribution is 2.64. The van der Waals surface area contributed by atoms with Gasteiger partial charge in [-0.15, -0.1) is 0 Å². The largest absolute Gasteiger partial charge is 0.456 e. The molecule has 5 rings (SSSR count). The van der Waals surface area contributed by atoms with Crippen molar-refractivity contribution in [2.75, 3.05) is 0 Å². The van der Waals surface area contributed by atoms with Gasteiger partial charge in [0, 0.05) is 17.9 Å². The number of carbonyl (C=O) groups excluding carboxylic acids is 2. The summed E-state index contributed by atoms with van der Waals surface area (Å²) in [7, 11) is 0. The van der Waals surface area contributed by atoms with Crippen molar-refractivity contribution < 1.29 is 24.5 Å². The number of ether oxygens (including phenoxy) is 1. The molecular weight excluding hydrogens is 416 g/mol. The van der Waals surface area contributed by atoms with Crippen LogP contribution < -0.4 is 0 Å². The first-order chi connectivity index (χ1) is 15.4. The Balaban J connectivity index is 1.55. The van der Waals surface area contributed by atoms with Crippen LogP contribution in [0.2, 0.25) is 0 Å². The lowest BCUT2D eigenvalue weighted by molar-refractivity contribution is -0.184. The normalized spacial score (nSPS) is 42.3. The Kier molecular flexibility index (Phi) is 5.01. The SMILES string of the molecule is CC1=C(C)C(=O)O[C@@H]([C@](C)(O)[C@H]2[C@H](O)CC3=C4CC=C5CC=CC(=O)[C@]5(C)[C@@H]4CC[C@@]32C)C1. The van der Waals surface area contributed by atoms with Gasteiger partial charge >= 0.3 is 5.97 Å². The standard InChI is InChI=1S/C28H36O5/c1-15-13-23(33-25(31)16(15)2)28(5,32)24-21(29)14-20-18-10-9-17-7-6-8-22(30)27(17,4)19(18)11-12-26(20,24)3/h6,8-9,19,21,23-24,29,32H,7,10-14H2,1-5H3/t19-,21-,23-,24+,26+,27+,28+/m1/s1. The molecule has 0 radical (unpaired) electrons. The van der Waals surface area contributed by atoms with Gasteiger partial charge in [-0.1, -0.05) is 41.4 Å². The third-order valence-electron chi connectivity index (χ3n) is 9.95. The molecule has 1 fully saturated rings. The minimum Gasteiger partial charge on any atom is -0.456 e. The number of aliphatic hydroxyl groups is 2. The Morgan fingerprint density at radius 2 is 1.88 bits per heavy atom. The fourth-order valence-electron chi connectivity index (χ4n) is 7.89. The molecule has 0 unspecified atom stereocenters. The number of rotatable bonds is 2. The van der Waals surface area contributed by atoms with E-state index in [1.165, 1.54) is 16.7 Å². The van der Waals surface area contributed by atoms with E-state index in [2.05, 4.69) is 19.9 Å². The number of carbonyl (C=O) groups is 2. The molecule has 1 aliphatic heterocycles. The number of cyclic esters (lactones) is 1. The summed E-state index contributed by atoms with van der Waals surface area (Å²) in [4.78, 5) is 25.5. The average molecular weight is 453 g/mol. The van der Waals surface area contributed by atoms with E-state index in [-0.39, 0.29) is 17.7 Å². The second-order valence-corrected chi connectivity index (χ2v) is 11.6. The van der Waals surface area contributed by atoms with Gasteiger partial charge in [0.25, 0.3) is 0 Å². The van der Waals surface area contributed by atoms with Gasteiger partial charge in [0.2, 0.25) is 0 Å². The predicted molar refractivity (Wildman–Crippen MR) is 125 cm³/mol. The van der Waals surface area contributed by atoms with E-state index in [0.29, 0.717) is 18.4 Å². The molecule has 5 nitrogen and oxygen atoms in total. The number of fused-ring (bicyclic) bond motifs is 4. The third kappa shape index (κ3) is 2.97. The molecule has 7 atom stereocenters. The van der Waals surface area contributed by atoms with Gasteiger partial charge in [0.15, 0.2) is 5.78 Å². The molecular formula is C28H36O5. The second-order valence-electron chi connectivity index (χ2n) is 11.6. The van der Waals surface area contributed by atoms with Crippen LogP contribution in [-0.2, 0) is 14.3 Å². The molecule has 0 bridgehead atoms. The number of hydrogen-bond acceptors (Lipinski definition) is 5. The summed E-state index contributed by atoms with van der Waals surface area (Å²) in [5, 5.41) is 23.2. The number of ketones is 1. The molecule has 0 amide bonds. The van der Waals surface area contributed by atoms with Crippen molar-refractivity contribution in [1.29, 1.82) is 0 Å². The maximum absolute atomic E-state index is 13.1. The van der Waals surface area contributed by atoms with Gasteiger partial charge < -0.3 is 14.9 Å². The topological polar surface area (TPSA) is 83.8 Å². The van der Waals surface area contributed by atoms with Gasteiger partial charge in [-0.25, -0.2) is 4.79 Å². The minimum atomic E-state index is -1.37. The van der Waals surface area contributed by atoms with Crippen LogP contribution in [0.15, 0.2) is 46.1 Å². The first-order valence-electron chi connectivity index (χ1n) is 12.3. The van der Waals surface area contributed by atoms with Crippen molar-refractivity contribution in [3.05, 3.63) is 46.1 Å². The Hall–Kier alpha value is -1.98. The monoisotopic (exact) mass is 452 g/mol. The first kappa shape index (κ1) is 22.8. The zero-order valence-corrected chi connectivity index (χ0v) is 20.4. The summed E-state index contributed by atoms with van der Waals surface area (Å²) in [6, 6.07) is 0. The van der Waals surface area contributed by atoms with Crippen LogP contribution in [0.1, 0.15) is 73.1 Å². The number of aliphatic hydroxyl groups excluding tert-OH is 1. The smallest absolute Gasteiger partial charge is 0.334 e. The molecule has 33 heavy (non-hydrogen) atoms. The number of allylic oxidation sites excluding steroid dienone is 5. The molecule has 0 aromatic heterocycles. The van der Waals surface area contributed by atoms with E-state index < -0.39 is 34.6 Å². The highest BCUT2D eigenvalue weighted by atomic mass is 16.6. The Morgan fingerprint density at radius 3 is 2.58 bits per heavy atom. The predicted octanol–water partition coefficient (Wildman–Crippen LogP) is 4.35. The van der Waals surface area contributed by atoms with Crippen molar-refractivity contribution in [3.8, 4) is 0 Å². The minimum absolute atomic E-state index is 0.147. The summed E-state index contributed by atoms with van der Waals surface area (Å²) in [6.07, 6.45) is 8.79. The Morgan fingerprint density at radius 1 is 1.15 bits per heavy atom. The summed E-state index contributed by atoms with van der Waals surface area (Å²) in [6.45, 7) is 9.64. The summed E-state index contributed by atoms with van der Waals surface area (Å²) >= 11 is 0. The van der Waals surface area contributed by atoms with E-state index in [4.69, 9.17) is 4.74 Å². The lowest BCUT2D eigenvalue weighted by atomic mass is 9.52. The van der Waals surface area contributed by atoms with Gasteiger partial charge in [0.05, 0.1) is 11.5 Å². The molecule has 5 heteroatoms.